The average molecular weight is 402 g/mol. The smallest absolute Gasteiger partial charge is 0.169 e. The van der Waals surface area contributed by atoms with Gasteiger partial charge in [0.05, 0.1) is 6.54 Å². The lowest BCUT2D eigenvalue weighted by Gasteiger charge is -2.15. The van der Waals surface area contributed by atoms with Gasteiger partial charge in [0.25, 0.3) is 0 Å². The third kappa shape index (κ3) is 4.06. The Kier molecular flexibility index (Phi) is 5.44. The Morgan fingerprint density at radius 2 is 1.23 bits per heavy atom. The summed E-state index contributed by atoms with van der Waals surface area (Å²) in [4.78, 5) is 3.74. The van der Waals surface area contributed by atoms with Gasteiger partial charge in [0.15, 0.2) is 6.40 Å². The predicted octanol–water partition coefficient (Wildman–Crippen LogP) is 7.37. The molecule has 0 amide bonds. The summed E-state index contributed by atoms with van der Waals surface area (Å²) in [6, 6.07) is 39.1. The lowest BCUT2D eigenvalue weighted by molar-refractivity contribution is 0.361. The molecule has 5 aromatic carbocycles. The van der Waals surface area contributed by atoms with E-state index in [9.17, 15) is 0 Å². The highest BCUT2D eigenvalue weighted by Gasteiger charge is 2.12. The molecule has 5 aromatic rings. The summed E-state index contributed by atoms with van der Waals surface area (Å²) in [7, 11) is 0. The first-order valence-corrected chi connectivity index (χ1v) is 10.6. The number of aliphatic imine (C=N–C) groups is 1. The molecule has 0 atom stereocenters. The zero-order chi connectivity index (χ0) is 20.9. The Balaban J connectivity index is 0.000000361. The van der Waals surface area contributed by atoms with Gasteiger partial charge in [0, 0.05) is 0 Å². The molecule has 0 aliphatic carbocycles. The van der Waals surface area contributed by atoms with Crippen molar-refractivity contribution in [3.8, 4) is 22.3 Å². The van der Waals surface area contributed by atoms with Crippen LogP contribution in [0.15, 0.2) is 114 Å². The molecule has 0 fully saturated rings. The van der Waals surface area contributed by atoms with Gasteiger partial charge in [-0.2, -0.15) is 0 Å². The summed E-state index contributed by atoms with van der Waals surface area (Å²) in [6.45, 7) is 1.62. The molecule has 0 N–H and O–H groups in total. The highest BCUT2D eigenvalue weighted by atomic mass is 16.5. The van der Waals surface area contributed by atoms with Crippen LogP contribution in [0.4, 0.5) is 0 Å². The minimum Gasteiger partial charge on any atom is -0.482 e. The van der Waals surface area contributed by atoms with Gasteiger partial charge in [-0.1, -0.05) is 97.1 Å². The van der Waals surface area contributed by atoms with Crippen molar-refractivity contribution in [2.24, 2.45) is 4.99 Å². The largest absolute Gasteiger partial charge is 0.482 e. The van der Waals surface area contributed by atoms with Crippen molar-refractivity contribution in [1.82, 2.24) is 0 Å². The van der Waals surface area contributed by atoms with Crippen LogP contribution in [0.3, 0.4) is 0 Å². The molecule has 31 heavy (non-hydrogen) atoms. The fourth-order valence-corrected chi connectivity index (χ4v) is 4.05. The van der Waals surface area contributed by atoms with Crippen LogP contribution >= 0.6 is 0 Å². The molecule has 0 unspecified atom stereocenters. The summed E-state index contributed by atoms with van der Waals surface area (Å²) in [5.41, 5.74) is 5.09. The lowest BCUT2D eigenvalue weighted by Crippen LogP contribution is -1.88. The van der Waals surface area contributed by atoms with Gasteiger partial charge >= 0.3 is 0 Å². The van der Waals surface area contributed by atoms with Crippen molar-refractivity contribution < 1.29 is 4.74 Å². The third-order valence-electron chi connectivity index (χ3n) is 5.52. The van der Waals surface area contributed by atoms with E-state index >= 15 is 0 Å². The molecule has 2 nitrogen and oxygen atoms in total. The maximum atomic E-state index is 4.65. The molecule has 0 saturated carbocycles. The van der Waals surface area contributed by atoms with Crippen LogP contribution in [0, 0.1) is 0 Å². The number of ether oxygens (including phenoxy) is 1. The third-order valence-corrected chi connectivity index (χ3v) is 5.52. The molecule has 1 heterocycles. The number of benzene rings is 5. The first-order chi connectivity index (χ1) is 15.4. The van der Waals surface area contributed by atoms with Gasteiger partial charge in [-0.05, 0) is 55.9 Å². The molecule has 2 heteroatoms. The molecular weight excluding hydrogens is 378 g/mol. The molecule has 0 radical (unpaired) electrons. The zero-order valence-electron chi connectivity index (χ0n) is 17.2. The van der Waals surface area contributed by atoms with E-state index in [4.69, 9.17) is 0 Å². The lowest BCUT2D eigenvalue weighted by atomic mass is 9.89. The number of rotatable bonds is 2. The number of nitrogens with zero attached hydrogens (tertiary/aromatic N) is 1. The van der Waals surface area contributed by atoms with Crippen LogP contribution < -0.4 is 0 Å². The Hall–Kier alpha value is -3.91. The topological polar surface area (TPSA) is 21.6 Å². The average Bonchev–Trinajstić information content (AvgIpc) is 3.44. The second kappa shape index (κ2) is 8.85. The highest BCUT2D eigenvalue weighted by Crippen LogP contribution is 2.39. The van der Waals surface area contributed by atoms with Crippen LogP contribution in [0.25, 0.3) is 43.8 Å². The molecule has 1 aliphatic heterocycles. The van der Waals surface area contributed by atoms with E-state index in [2.05, 4.69) is 119 Å². The molecule has 6 rings (SSSR count). The molecule has 0 spiro atoms. The van der Waals surface area contributed by atoms with E-state index in [1.807, 2.05) is 0 Å². The van der Waals surface area contributed by atoms with E-state index in [0.717, 1.165) is 13.2 Å². The summed E-state index contributed by atoms with van der Waals surface area (Å²) >= 11 is 0. The van der Waals surface area contributed by atoms with Crippen LogP contribution in [0.2, 0.25) is 0 Å². The van der Waals surface area contributed by atoms with Crippen molar-refractivity contribution >= 4 is 27.9 Å². The van der Waals surface area contributed by atoms with E-state index < -0.39 is 0 Å². The number of fused-ring (bicyclic) bond motifs is 2. The van der Waals surface area contributed by atoms with Gasteiger partial charge in [0.1, 0.15) is 6.61 Å². The second-order valence-electron chi connectivity index (χ2n) is 7.52. The standard InChI is InChI=1S/C26H18.C3H5NO/c1-3-9-19(10-4-1)24-16-15-23-17-21-13-7-8-14-22(21)18-25(23)26(24)20-11-5-2-6-12-20;1-2-5-3-4-1/h1-18H;3H,1-2H2. The normalized spacial score (nSPS) is 12.4. The van der Waals surface area contributed by atoms with E-state index in [-0.39, 0.29) is 0 Å². The predicted molar refractivity (Wildman–Crippen MR) is 132 cm³/mol. The van der Waals surface area contributed by atoms with Crippen molar-refractivity contribution in [2.45, 2.75) is 0 Å². The minimum absolute atomic E-state index is 0.778. The Labute approximate surface area is 182 Å². The van der Waals surface area contributed by atoms with Crippen LogP contribution in [-0.4, -0.2) is 19.6 Å². The van der Waals surface area contributed by atoms with Crippen LogP contribution in [0.5, 0.6) is 0 Å². The summed E-state index contributed by atoms with van der Waals surface area (Å²) < 4.78 is 4.65. The summed E-state index contributed by atoms with van der Waals surface area (Å²) in [5, 5.41) is 5.15. The molecule has 0 saturated heterocycles. The Bertz CT molecular complexity index is 1340. The van der Waals surface area contributed by atoms with E-state index in [1.165, 1.54) is 50.2 Å². The maximum Gasteiger partial charge on any atom is 0.169 e. The van der Waals surface area contributed by atoms with Gasteiger partial charge in [-0.25, -0.2) is 0 Å². The molecule has 150 valence electrons. The SMILES string of the molecule is C1=NCCO1.c1ccc(-c2ccc3cc4ccccc4cc3c2-c2ccccc2)cc1. The number of hydrogen-bond donors (Lipinski definition) is 0. The maximum absolute atomic E-state index is 4.65. The monoisotopic (exact) mass is 401 g/mol. The first-order valence-electron chi connectivity index (χ1n) is 10.6. The summed E-state index contributed by atoms with van der Waals surface area (Å²) in [5.74, 6) is 0. The van der Waals surface area contributed by atoms with Gasteiger partial charge < -0.3 is 4.74 Å². The minimum atomic E-state index is 0.778. The molecule has 0 aromatic heterocycles. The fraction of sp³-hybridized carbons (Fsp3) is 0.0690. The number of hydrogen-bond acceptors (Lipinski definition) is 2. The van der Waals surface area contributed by atoms with Crippen molar-refractivity contribution in [2.75, 3.05) is 13.2 Å². The quantitative estimate of drug-likeness (QED) is 0.283. The molecule has 1 aliphatic rings. The van der Waals surface area contributed by atoms with Crippen molar-refractivity contribution in [1.29, 1.82) is 0 Å². The van der Waals surface area contributed by atoms with E-state index in [0.29, 0.717) is 0 Å². The van der Waals surface area contributed by atoms with Crippen molar-refractivity contribution in [3.63, 3.8) is 0 Å². The van der Waals surface area contributed by atoms with Crippen LogP contribution in [0.1, 0.15) is 0 Å². The van der Waals surface area contributed by atoms with Gasteiger partial charge in [-0.3, -0.25) is 4.99 Å². The highest BCUT2D eigenvalue weighted by molar-refractivity contribution is 6.09. The zero-order valence-corrected chi connectivity index (χ0v) is 17.2. The Morgan fingerprint density at radius 3 is 1.84 bits per heavy atom. The van der Waals surface area contributed by atoms with Crippen LogP contribution in [-0.2, 0) is 4.74 Å². The second-order valence-corrected chi connectivity index (χ2v) is 7.52. The van der Waals surface area contributed by atoms with E-state index in [1.54, 1.807) is 0 Å². The fourth-order valence-electron chi connectivity index (χ4n) is 4.05. The van der Waals surface area contributed by atoms with Crippen molar-refractivity contribution in [3.05, 3.63) is 109 Å². The Morgan fingerprint density at radius 1 is 0.581 bits per heavy atom. The first kappa shape index (κ1) is 19.1. The molecular formula is C29H23NO. The van der Waals surface area contributed by atoms with Gasteiger partial charge in [-0.15, -0.1) is 0 Å². The summed E-state index contributed by atoms with van der Waals surface area (Å²) in [6.07, 6.45) is 1.49. The molecule has 0 bridgehead atoms. The van der Waals surface area contributed by atoms with Gasteiger partial charge in [0.2, 0.25) is 0 Å².